The second kappa shape index (κ2) is 6.66. The topological polar surface area (TPSA) is 85.8 Å². The highest BCUT2D eigenvalue weighted by Crippen LogP contribution is 2.21. The molecule has 118 valence electrons. The molecule has 0 saturated heterocycles. The third-order valence-electron chi connectivity index (χ3n) is 3.01. The standard InChI is InChI=1S/C15H15N5O2S/c1-10-8-12(20(2)19-10)14-17-18-15(22-14)16-13(21)9-23-11-6-4-3-5-7-11/h3-8H,9H2,1-2H3,(H,16,18,21). The Labute approximate surface area is 137 Å². The van der Waals surface area contributed by atoms with E-state index in [1.807, 2.05) is 43.3 Å². The fraction of sp³-hybridized carbons (Fsp3) is 0.200. The van der Waals surface area contributed by atoms with Crippen molar-refractivity contribution in [2.75, 3.05) is 11.1 Å². The van der Waals surface area contributed by atoms with Gasteiger partial charge >= 0.3 is 6.01 Å². The first-order valence-corrected chi connectivity index (χ1v) is 7.92. The van der Waals surface area contributed by atoms with Crippen LogP contribution in [-0.4, -0.2) is 31.6 Å². The lowest BCUT2D eigenvalue weighted by Crippen LogP contribution is -2.14. The van der Waals surface area contributed by atoms with Crippen LogP contribution in [-0.2, 0) is 11.8 Å². The molecule has 0 bridgehead atoms. The molecule has 0 aliphatic carbocycles. The highest BCUT2D eigenvalue weighted by Gasteiger charge is 2.14. The van der Waals surface area contributed by atoms with Crippen molar-refractivity contribution in [2.24, 2.45) is 7.05 Å². The van der Waals surface area contributed by atoms with Gasteiger partial charge in [0.1, 0.15) is 5.69 Å². The third-order valence-corrected chi connectivity index (χ3v) is 4.02. The summed E-state index contributed by atoms with van der Waals surface area (Å²) < 4.78 is 7.11. The summed E-state index contributed by atoms with van der Waals surface area (Å²) in [7, 11) is 1.79. The third kappa shape index (κ3) is 3.78. The van der Waals surface area contributed by atoms with E-state index in [4.69, 9.17) is 4.42 Å². The number of hydrogen-bond acceptors (Lipinski definition) is 6. The van der Waals surface area contributed by atoms with Crippen LogP contribution in [0.3, 0.4) is 0 Å². The van der Waals surface area contributed by atoms with Gasteiger partial charge in [0.25, 0.3) is 5.89 Å². The van der Waals surface area contributed by atoms with Gasteiger partial charge in [0.2, 0.25) is 5.91 Å². The van der Waals surface area contributed by atoms with E-state index in [9.17, 15) is 4.79 Å². The number of carbonyl (C=O) groups is 1. The first-order chi connectivity index (χ1) is 11.1. The van der Waals surface area contributed by atoms with Gasteiger partial charge in [-0.1, -0.05) is 23.3 Å². The van der Waals surface area contributed by atoms with Crippen LogP contribution in [0.5, 0.6) is 0 Å². The lowest BCUT2D eigenvalue weighted by Gasteiger charge is -2.00. The summed E-state index contributed by atoms with van der Waals surface area (Å²) >= 11 is 1.44. The maximum Gasteiger partial charge on any atom is 0.322 e. The maximum atomic E-state index is 11.9. The zero-order valence-electron chi connectivity index (χ0n) is 12.7. The van der Waals surface area contributed by atoms with Crippen LogP contribution in [0.4, 0.5) is 6.01 Å². The predicted molar refractivity (Wildman–Crippen MR) is 87.0 cm³/mol. The molecule has 1 aromatic carbocycles. The van der Waals surface area contributed by atoms with E-state index in [2.05, 4.69) is 20.6 Å². The van der Waals surface area contributed by atoms with Crippen LogP contribution >= 0.6 is 11.8 Å². The fourth-order valence-corrected chi connectivity index (χ4v) is 2.73. The molecule has 3 aromatic rings. The van der Waals surface area contributed by atoms with Gasteiger partial charge in [-0.25, -0.2) is 0 Å². The molecule has 0 aliphatic rings. The molecule has 1 N–H and O–H groups in total. The molecule has 0 saturated carbocycles. The molecule has 0 spiro atoms. The molecule has 8 heteroatoms. The van der Waals surface area contributed by atoms with Gasteiger partial charge in [0, 0.05) is 11.9 Å². The van der Waals surface area contributed by atoms with Crippen LogP contribution in [0.2, 0.25) is 0 Å². The maximum absolute atomic E-state index is 11.9. The van der Waals surface area contributed by atoms with Crippen molar-refractivity contribution in [1.29, 1.82) is 0 Å². The quantitative estimate of drug-likeness (QED) is 0.724. The summed E-state index contributed by atoms with van der Waals surface area (Å²) in [6.07, 6.45) is 0. The number of carbonyl (C=O) groups excluding carboxylic acids is 1. The fourth-order valence-electron chi connectivity index (χ4n) is 2.01. The van der Waals surface area contributed by atoms with Crippen LogP contribution in [0.15, 0.2) is 45.7 Å². The zero-order chi connectivity index (χ0) is 16.2. The van der Waals surface area contributed by atoms with Crippen molar-refractivity contribution in [1.82, 2.24) is 20.0 Å². The largest absolute Gasteiger partial charge is 0.401 e. The smallest absolute Gasteiger partial charge is 0.322 e. The van der Waals surface area contributed by atoms with Crippen LogP contribution in [0.1, 0.15) is 5.69 Å². The van der Waals surface area contributed by atoms with E-state index in [0.717, 1.165) is 10.6 Å². The molecule has 0 fully saturated rings. The Morgan fingerprint density at radius 1 is 1.30 bits per heavy atom. The number of aryl methyl sites for hydroxylation is 2. The lowest BCUT2D eigenvalue weighted by atomic mass is 10.4. The number of nitrogens with zero attached hydrogens (tertiary/aromatic N) is 4. The minimum absolute atomic E-state index is 0.0810. The number of hydrogen-bond donors (Lipinski definition) is 1. The summed E-state index contributed by atoms with van der Waals surface area (Å²) in [6, 6.07) is 11.6. The summed E-state index contributed by atoms with van der Waals surface area (Å²) in [6.45, 7) is 1.88. The predicted octanol–water partition coefficient (Wildman–Crippen LogP) is 2.51. The molecule has 23 heavy (non-hydrogen) atoms. The Hall–Kier alpha value is -2.61. The van der Waals surface area contributed by atoms with Gasteiger partial charge in [-0.3, -0.25) is 14.8 Å². The number of anilines is 1. The van der Waals surface area contributed by atoms with Crippen LogP contribution in [0.25, 0.3) is 11.6 Å². The molecule has 2 aromatic heterocycles. The van der Waals surface area contributed by atoms with Crippen LogP contribution < -0.4 is 5.32 Å². The van der Waals surface area contributed by atoms with Crippen molar-refractivity contribution in [3.05, 3.63) is 42.1 Å². The van der Waals surface area contributed by atoms with E-state index in [-0.39, 0.29) is 17.7 Å². The van der Waals surface area contributed by atoms with Gasteiger partial charge in [0.05, 0.1) is 11.4 Å². The molecular weight excluding hydrogens is 314 g/mol. The normalized spacial score (nSPS) is 10.7. The zero-order valence-corrected chi connectivity index (χ0v) is 13.5. The van der Waals surface area contributed by atoms with Gasteiger partial charge in [-0.05, 0) is 25.1 Å². The Bertz CT molecular complexity index is 812. The lowest BCUT2D eigenvalue weighted by molar-refractivity contribution is -0.113. The molecule has 2 heterocycles. The van der Waals surface area contributed by atoms with E-state index < -0.39 is 0 Å². The first kappa shape index (κ1) is 15.3. The van der Waals surface area contributed by atoms with Gasteiger partial charge in [-0.2, -0.15) is 5.10 Å². The van der Waals surface area contributed by atoms with Crippen molar-refractivity contribution < 1.29 is 9.21 Å². The Balaban J connectivity index is 1.60. The minimum atomic E-state index is -0.199. The summed E-state index contributed by atoms with van der Waals surface area (Å²) in [5.74, 6) is 0.390. The molecule has 0 radical (unpaired) electrons. The number of thioether (sulfide) groups is 1. The molecule has 0 aliphatic heterocycles. The van der Waals surface area contributed by atoms with E-state index in [0.29, 0.717) is 11.6 Å². The molecule has 0 atom stereocenters. The SMILES string of the molecule is Cc1cc(-c2nnc(NC(=O)CSc3ccccc3)o2)n(C)n1. The molecule has 1 amide bonds. The first-order valence-electron chi connectivity index (χ1n) is 6.94. The number of benzene rings is 1. The average molecular weight is 329 g/mol. The Morgan fingerprint density at radius 2 is 2.09 bits per heavy atom. The Kier molecular flexibility index (Phi) is 4.42. The number of aromatic nitrogens is 4. The average Bonchev–Trinajstić information content (AvgIpc) is 3.12. The monoisotopic (exact) mass is 329 g/mol. The summed E-state index contributed by atoms with van der Waals surface area (Å²) in [5.41, 5.74) is 1.56. The molecule has 0 unspecified atom stereocenters. The van der Waals surface area contributed by atoms with E-state index in [1.54, 1.807) is 11.7 Å². The van der Waals surface area contributed by atoms with Crippen molar-refractivity contribution in [2.45, 2.75) is 11.8 Å². The summed E-state index contributed by atoms with van der Waals surface area (Å²) in [5, 5.41) is 14.6. The highest BCUT2D eigenvalue weighted by atomic mass is 32.2. The van der Waals surface area contributed by atoms with Gasteiger partial charge in [-0.15, -0.1) is 16.9 Å². The molecule has 7 nitrogen and oxygen atoms in total. The second-order valence-corrected chi connectivity index (χ2v) is 5.91. The Morgan fingerprint density at radius 3 is 2.78 bits per heavy atom. The second-order valence-electron chi connectivity index (χ2n) is 4.86. The minimum Gasteiger partial charge on any atom is -0.401 e. The highest BCUT2D eigenvalue weighted by molar-refractivity contribution is 8.00. The molecular formula is C15H15N5O2S. The molecule has 3 rings (SSSR count). The summed E-state index contributed by atoms with van der Waals surface area (Å²) in [4.78, 5) is 13.0. The van der Waals surface area contributed by atoms with Gasteiger partial charge < -0.3 is 4.42 Å². The van der Waals surface area contributed by atoms with E-state index >= 15 is 0 Å². The van der Waals surface area contributed by atoms with Crippen LogP contribution in [0, 0.1) is 6.92 Å². The van der Waals surface area contributed by atoms with Gasteiger partial charge in [0.15, 0.2) is 0 Å². The number of nitrogens with one attached hydrogen (secondary N) is 1. The number of rotatable bonds is 5. The van der Waals surface area contributed by atoms with Crippen molar-refractivity contribution >= 4 is 23.7 Å². The number of amides is 1. The van der Waals surface area contributed by atoms with Crippen molar-refractivity contribution in [3.63, 3.8) is 0 Å². The van der Waals surface area contributed by atoms with E-state index in [1.165, 1.54) is 11.8 Å². The van der Waals surface area contributed by atoms with Crippen molar-refractivity contribution in [3.8, 4) is 11.6 Å².